The number of benzene rings is 1. The summed E-state index contributed by atoms with van der Waals surface area (Å²) in [4.78, 5) is 13.2. The number of hydrogen-bond donors (Lipinski definition) is 1. The fourth-order valence-electron chi connectivity index (χ4n) is 2.12. The Morgan fingerprint density at radius 2 is 2.05 bits per heavy atom. The molecule has 1 fully saturated rings. The number of carbonyl (C=O) groups is 1. The lowest BCUT2D eigenvalue weighted by Crippen LogP contribution is -2.28. The van der Waals surface area contributed by atoms with Gasteiger partial charge in [-0.25, -0.2) is 0 Å². The quantitative estimate of drug-likeness (QED) is 0.911. The molecule has 0 aromatic heterocycles. The molecule has 110 valence electrons. The molecule has 0 aliphatic carbocycles. The van der Waals surface area contributed by atoms with Gasteiger partial charge in [0.15, 0.2) is 0 Å². The average molecular weight is 307 g/mol. The van der Waals surface area contributed by atoms with Crippen LogP contribution in [0.5, 0.6) is 0 Å². The molecule has 0 bridgehead atoms. The number of carbonyl (C=O) groups excluding carboxylic acids is 1. The van der Waals surface area contributed by atoms with Crippen LogP contribution in [0.15, 0.2) is 18.2 Å². The number of hydrogen-bond acceptors (Lipinski definition) is 2. The highest BCUT2D eigenvalue weighted by Gasteiger charge is 2.33. The molecule has 1 heterocycles. The zero-order chi connectivity index (χ0) is 14.8. The Labute approximate surface area is 119 Å². The minimum Gasteiger partial charge on any atom is -0.355 e. The van der Waals surface area contributed by atoms with E-state index in [1.54, 1.807) is 6.07 Å². The molecule has 0 atom stereocenters. The van der Waals surface area contributed by atoms with Crippen LogP contribution in [0.3, 0.4) is 0 Å². The Morgan fingerprint density at radius 1 is 1.30 bits per heavy atom. The molecule has 1 saturated heterocycles. The summed E-state index contributed by atoms with van der Waals surface area (Å²) >= 11 is 5.58. The van der Waals surface area contributed by atoms with Gasteiger partial charge in [-0.1, -0.05) is 17.7 Å². The Balaban J connectivity index is 2.11. The summed E-state index contributed by atoms with van der Waals surface area (Å²) in [6.45, 7) is 2.04. The predicted molar refractivity (Wildman–Crippen MR) is 69.4 cm³/mol. The van der Waals surface area contributed by atoms with Gasteiger partial charge in [0.2, 0.25) is 5.91 Å². The van der Waals surface area contributed by atoms with Crippen molar-refractivity contribution in [2.45, 2.75) is 19.1 Å². The van der Waals surface area contributed by atoms with Crippen LogP contribution >= 0.6 is 11.6 Å². The van der Waals surface area contributed by atoms with Crippen molar-refractivity contribution in [2.75, 3.05) is 19.6 Å². The van der Waals surface area contributed by atoms with Crippen LogP contribution < -0.4 is 5.32 Å². The van der Waals surface area contributed by atoms with E-state index in [4.69, 9.17) is 11.6 Å². The summed E-state index contributed by atoms with van der Waals surface area (Å²) in [5, 5.41) is 2.43. The maximum atomic E-state index is 12.8. The first-order valence-electron chi connectivity index (χ1n) is 6.21. The highest BCUT2D eigenvalue weighted by atomic mass is 35.5. The van der Waals surface area contributed by atoms with E-state index in [1.165, 1.54) is 6.07 Å². The third-order valence-electron chi connectivity index (χ3n) is 3.15. The van der Waals surface area contributed by atoms with E-state index in [9.17, 15) is 18.0 Å². The summed E-state index contributed by atoms with van der Waals surface area (Å²) in [5.74, 6) is -0.0282. The molecule has 2 rings (SSSR count). The van der Waals surface area contributed by atoms with Crippen molar-refractivity contribution in [3.8, 4) is 0 Å². The van der Waals surface area contributed by atoms with Gasteiger partial charge in [-0.05, 0) is 17.7 Å². The Hall–Kier alpha value is -1.27. The Bertz CT molecular complexity index is 505. The second-order valence-electron chi connectivity index (χ2n) is 4.69. The smallest absolute Gasteiger partial charge is 0.355 e. The molecule has 0 radical (unpaired) electrons. The molecule has 20 heavy (non-hydrogen) atoms. The van der Waals surface area contributed by atoms with E-state index in [1.807, 2.05) is 4.90 Å². The summed E-state index contributed by atoms with van der Waals surface area (Å²) in [6.07, 6.45) is -4.09. The van der Waals surface area contributed by atoms with Crippen molar-refractivity contribution in [2.24, 2.45) is 0 Å². The van der Waals surface area contributed by atoms with E-state index in [0.29, 0.717) is 38.2 Å². The van der Waals surface area contributed by atoms with Crippen molar-refractivity contribution < 1.29 is 18.0 Å². The molecule has 0 unspecified atom stereocenters. The summed E-state index contributed by atoms with van der Waals surface area (Å²) in [6, 6.07) is 3.92. The van der Waals surface area contributed by atoms with Crippen LogP contribution in [-0.4, -0.2) is 30.4 Å². The average Bonchev–Trinajstić information content (AvgIpc) is 2.55. The summed E-state index contributed by atoms with van der Waals surface area (Å²) in [5.41, 5.74) is -0.281. The summed E-state index contributed by atoms with van der Waals surface area (Å²) in [7, 11) is 0. The standard InChI is InChI=1S/C13H14ClF3N2O/c14-11-2-1-9(7-10(11)13(15,16)17)8-19-5-3-12(20)18-4-6-19/h1-2,7H,3-6,8H2,(H,18,20). The second-order valence-corrected chi connectivity index (χ2v) is 5.10. The third kappa shape index (κ3) is 3.86. The third-order valence-corrected chi connectivity index (χ3v) is 3.48. The number of nitrogens with one attached hydrogen (secondary N) is 1. The first kappa shape index (κ1) is 15.1. The van der Waals surface area contributed by atoms with Gasteiger partial charge in [0.25, 0.3) is 0 Å². The topological polar surface area (TPSA) is 32.3 Å². The lowest BCUT2D eigenvalue weighted by molar-refractivity contribution is -0.137. The van der Waals surface area contributed by atoms with E-state index >= 15 is 0 Å². The largest absolute Gasteiger partial charge is 0.417 e. The van der Waals surface area contributed by atoms with E-state index < -0.39 is 11.7 Å². The zero-order valence-electron chi connectivity index (χ0n) is 10.6. The number of alkyl halides is 3. The highest BCUT2D eigenvalue weighted by Crippen LogP contribution is 2.35. The minimum atomic E-state index is -4.45. The van der Waals surface area contributed by atoms with Gasteiger partial charge in [0.1, 0.15) is 0 Å². The van der Waals surface area contributed by atoms with E-state index in [2.05, 4.69) is 5.32 Å². The van der Waals surface area contributed by atoms with Crippen LogP contribution in [-0.2, 0) is 17.5 Å². The Kier molecular flexibility index (Phi) is 4.55. The van der Waals surface area contributed by atoms with Crippen LogP contribution in [0.2, 0.25) is 5.02 Å². The van der Waals surface area contributed by atoms with Crippen molar-refractivity contribution >= 4 is 17.5 Å². The summed E-state index contributed by atoms with van der Waals surface area (Å²) < 4.78 is 38.3. The number of halogens is 4. The molecule has 1 amide bonds. The normalized spacial score (nSPS) is 17.7. The Morgan fingerprint density at radius 3 is 2.75 bits per heavy atom. The molecule has 3 nitrogen and oxygen atoms in total. The highest BCUT2D eigenvalue weighted by molar-refractivity contribution is 6.31. The van der Waals surface area contributed by atoms with Gasteiger partial charge in [-0.15, -0.1) is 0 Å². The lowest BCUT2D eigenvalue weighted by atomic mass is 10.1. The van der Waals surface area contributed by atoms with Gasteiger partial charge in [-0.3, -0.25) is 9.69 Å². The van der Waals surface area contributed by atoms with Crippen LogP contribution in [0.1, 0.15) is 17.5 Å². The molecule has 1 aliphatic rings. The van der Waals surface area contributed by atoms with E-state index in [0.717, 1.165) is 6.07 Å². The minimum absolute atomic E-state index is 0.0282. The maximum absolute atomic E-state index is 12.8. The van der Waals surface area contributed by atoms with Gasteiger partial charge in [0, 0.05) is 32.6 Å². The molecule has 1 aromatic carbocycles. The molecule has 1 aromatic rings. The number of rotatable bonds is 2. The SMILES string of the molecule is O=C1CCN(Cc2ccc(Cl)c(C(F)(F)F)c2)CCN1. The second kappa shape index (κ2) is 6.01. The van der Waals surface area contributed by atoms with Crippen LogP contribution in [0, 0.1) is 0 Å². The van der Waals surface area contributed by atoms with Crippen molar-refractivity contribution in [1.29, 1.82) is 0 Å². The first-order chi connectivity index (χ1) is 9.36. The fraction of sp³-hybridized carbons (Fsp3) is 0.462. The van der Waals surface area contributed by atoms with Gasteiger partial charge in [-0.2, -0.15) is 13.2 Å². The number of amides is 1. The molecular weight excluding hydrogens is 293 g/mol. The predicted octanol–water partition coefficient (Wildman–Crippen LogP) is 2.68. The van der Waals surface area contributed by atoms with Crippen molar-refractivity contribution in [3.05, 3.63) is 34.3 Å². The molecule has 1 N–H and O–H groups in total. The monoisotopic (exact) mass is 306 g/mol. The van der Waals surface area contributed by atoms with E-state index in [-0.39, 0.29) is 10.9 Å². The number of nitrogens with zero attached hydrogens (tertiary/aromatic N) is 1. The molecule has 7 heteroatoms. The zero-order valence-corrected chi connectivity index (χ0v) is 11.4. The van der Waals surface area contributed by atoms with Crippen molar-refractivity contribution in [3.63, 3.8) is 0 Å². The lowest BCUT2D eigenvalue weighted by Gasteiger charge is -2.20. The van der Waals surface area contributed by atoms with Crippen LogP contribution in [0.25, 0.3) is 0 Å². The fourth-order valence-corrected chi connectivity index (χ4v) is 2.34. The van der Waals surface area contributed by atoms with Crippen LogP contribution in [0.4, 0.5) is 13.2 Å². The maximum Gasteiger partial charge on any atom is 0.417 e. The first-order valence-corrected chi connectivity index (χ1v) is 6.59. The molecule has 0 saturated carbocycles. The molecule has 0 spiro atoms. The van der Waals surface area contributed by atoms with Gasteiger partial charge in [0.05, 0.1) is 10.6 Å². The molecular formula is C13H14ClF3N2O. The molecule has 1 aliphatic heterocycles. The van der Waals surface area contributed by atoms with Crippen molar-refractivity contribution in [1.82, 2.24) is 10.2 Å². The van der Waals surface area contributed by atoms with Gasteiger partial charge >= 0.3 is 6.18 Å². The van der Waals surface area contributed by atoms with Gasteiger partial charge < -0.3 is 5.32 Å².